The zero-order valence-corrected chi connectivity index (χ0v) is 16.9. The standard InChI is InChI=1S/C22H34O4/c1-6-15-13(2)8-9-16-19(15)17(26-14(3)23)12-18-21(16,4)10-7-11-22(18,5)20(24)25/h8,15-19H,6-7,9-12H2,1-5H3,(H,24,25)/t15-,16+,17-,18+,19-,21+,22+/m0/s1. The summed E-state index contributed by atoms with van der Waals surface area (Å²) in [5, 5.41) is 10.0. The molecule has 0 unspecified atom stereocenters. The monoisotopic (exact) mass is 362 g/mol. The van der Waals surface area contributed by atoms with E-state index >= 15 is 0 Å². The van der Waals surface area contributed by atoms with Gasteiger partial charge in [-0.15, -0.1) is 0 Å². The number of carbonyl (C=O) groups is 2. The number of carbonyl (C=O) groups excluding carboxylic acids is 1. The van der Waals surface area contributed by atoms with Gasteiger partial charge in [-0.25, -0.2) is 0 Å². The second-order valence-corrected chi connectivity index (χ2v) is 9.40. The Morgan fingerprint density at radius 2 is 2.00 bits per heavy atom. The second-order valence-electron chi connectivity index (χ2n) is 9.40. The zero-order chi connectivity index (χ0) is 19.3. The van der Waals surface area contributed by atoms with Crippen LogP contribution in [0.1, 0.15) is 73.1 Å². The number of carboxylic acids is 1. The van der Waals surface area contributed by atoms with E-state index < -0.39 is 11.4 Å². The molecule has 26 heavy (non-hydrogen) atoms. The van der Waals surface area contributed by atoms with Gasteiger partial charge < -0.3 is 9.84 Å². The Bertz CT molecular complexity index is 624. The third-order valence-electron chi connectivity index (χ3n) is 8.17. The lowest BCUT2D eigenvalue weighted by Gasteiger charge is -2.62. The van der Waals surface area contributed by atoms with Crippen molar-refractivity contribution in [1.29, 1.82) is 0 Å². The summed E-state index contributed by atoms with van der Waals surface area (Å²) < 4.78 is 5.85. The normalized spacial score (nSPS) is 45.1. The van der Waals surface area contributed by atoms with Crippen LogP contribution in [0, 0.1) is 34.5 Å². The molecule has 0 aromatic rings. The molecule has 4 heteroatoms. The molecule has 3 aliphatic rings. The van der Waals surface area contributed by atoms with Gasteiger partial charge in [0.05, 0.1) is 5.41 Å². The van der Waals surface area contributed by atoms with E-state index in [1.165, 1.54) is 12.5 Å². The van der Waals surface area contributed by atoms with Crippen molar-refractivity contribution in [3.05, 3.63) is 11.6 Å². The van der Waals surface area contributed by atoms with Gasteiger partial charge >= 0.3 is 11.9 Å². The number of allylic oxidation sites excluding steroid dienone is 2. The van der Waals surface area contributed by atoms with Crippen LogP contribution < -0.4 is 0 Å². The van der Waals surface area contributed by atoms with Crippen molar-refractivity contribution < 1.29 is 19.4 Å². The summed E-state index contributed by atoms with van der Waals surface area (Å²) >= 11 is 0. The molecule has 0 amide bonds. The average molecular weight is 363 g/mol. The van der Waals surface area contributed by atoms with E-state index in [-0.39, 0.29) is 23.4 Å². The fourth-order valence-electron chi connectivity index (χ4n) is 6.90. The number of carboxylic acid groups (broad SMARTS) is 1. The first-order chi connectivity index (χ1) is 12.1. The van der Waals surface area contributed by atoms with Crippen molar-refractivity contribution in [2.75, 3.05) is 0 Å². The number of ether oxygens (including phenoxy) is 1. The van der Waals surface area contributed by atoms with Crippen LogP contribution in [-0.2, 0) is 14.3 Å². The van der Waals surface area contributed by atoms with E-state index in [1.54, 1.807) is 0 Å². The molecule has 0 aliphatic heterocycles. The van der Waals surface area contributed by atoms with E-state index in [9.17, 15) is 14.7 Å². The lowest BCUT2D eigenvalue weighted by atomic mass is 9.42. The first-order valence-corrected chi connectivity index (χ1v) is 10.2. The topological polar surface area (TPSA) is 63.6 Å². The van der Waals surface area contributed by atoms with E-state index in [4.69, 9.17) is 4.74 Å². The number of hydrogen-bond acceptors (Lipinski definition) is 3. The molecule has 0 heterocycles. The van der Waals surface area contributed by atoms with Gasteiger partial charge in [0, 0.05) is 12.8 Å². The maximum Gasteiger partial charge on any atom is 0.309 e. The van der Waals surface area contributed by atoms with Crippen molar-refractivity contribution in [2.45, 2.75) is 79.2 Å². The molecular formula is C22H34O4. The fraction of sp³-hybridized carbons (Fsp3) is 0.818. The molecule has 146 valence electrons. The molecule has 0 spiro atoms. The molecule has 1 N–H and O–H groups in total. The summed E-state index contributed by atoms with van der Waals surface area (Å²) in [5.41, 5.74) is 0.677. The summed E-state index contributed by atoms with van der Waals surface area (Å²) in [6.45, 7) is 10.1. The van der Waals surface area contributed by atoms with Gasteiger partial charge in [0.1, 0.15) is 6.10 Å². The molecule has 7 atom stereocenters. The summed E-state index contributed by atoms with van der Waals surface area (Å²) in [5.74, 6) is 0.241. The zero-order valence-electron chi connectivity index (χ0n) is 16.9. The van der Waals surface area contributed by atoms with Gasteiger partial charge in [0.15, 0.2) is 0 Å². The van der Waals surface area contributed by atoms with Crippen LogP contribution >= 0.6 is 0 Å². The van der Waals surface area contributed by atoms with E-state index in [0.29, 0.717) is 24.2 Å². The van der Waals surface area contributed by atoms with Crippen LogP contribution in [-0.4, -0.2) is 23.1 Å². The van der Waals surface area contributed by atoms with Gasteiger partial charge in [-0.2, -0.15) is 0 Å². The third-order valence-corrected chi connectivity index (χ3v) is 8.17. The predicted octanol–water partition coefficient (Wildman–Crippen LogP) is 4.83. The molecule has 3 aliphatic carbocycles. The summed E-state index contributed by atoms with van der Waals surface area (Å²) in [6, 6.07) is 0. The Hall–Kier alpha value is -1.32. The molecule has 0 saturated heterocycles. The van der Waals surface area contributed by atoms with Crippen LogP contribution in [0.4, 0.5) is 0 Å². The molecule has 2 saturated carbocycles. The Labute approximate surface area is 157 Å². The Morgan fingerprint density at radius 3 is 2.58 bits per heavy atom. The third kappa shape index (κ3) is 2.80. The number of hydrogen-bond donors (Lipinski definition) is 1. The minimum Gasteiger partial charge on any atom is -0.481 e. The van der Waals surface area contributed by atoms with Gasteiger partial charge in [0.2, 0.25) is 0 Å². The molecule has 3 rings (SSSR count). The highest BCUT2D eigenvalue weighted by Crippen LogP contribution is 2.65. The van der Waals surface area contributed by atoms with Crippen LogP contribution in [0.5, 0.6) is 0 Å². The lowest BCUT2D eigenvalue weighted by Crippen LogP contribution is -2.60. The fourth-order valence-corrected chi connectivity index (χ4v) is 6.90. The Kier molecular flexibility index (Phi) is 5.00. The largest absolute Gasteiger partial charge is 0.481 e. The summed E-state index contributed by atoms with van der Waals surface area (Å²) in [7, 11) is 0. The predicted molar refractivity (Wildman–Crippen MR) is 100 cm³/mol. The maximum atomic E-state index is 12.2. The van der Waals surface area contributed by atoms with Crippen molar-refractivity contribution in [3.63, 3.8) is 0 Å². The van der Waals surface area contributed by atoms with Crippen molar-refractivity contribution in [1.82, 2.24) is 0 Å². The second kappa shape index (κ2) is 6.69. The van der Waals surface area contributed by atoms with Gasteiger partial charge in [-0.3, -0.25) is 9.59 Å². The van der Waals surface area contributed by atoms with Gasteiger partial charge in [-0.1, -0.05) is 31.9 Å². The molecule has 0 aromatic heterocycles. The first kappa shape index (κ1) is 19.4. The number of fused-ring (bicyclic) bond motifs is 3. The highest BCUT2D eigenvalue weighted by molar-refractivity contribution is 5.75. The SMILES string of the molecule is CC[C@H]1C(C)=CC[C@@H]2[C@H]1[C@@H](OC(C)=O)C[C@@H]1[C@]2(C)CCC[C@@]1(C)C(=O)O. The summed E-state index contributed by atoms with van der Waals surface area (Å²) in [6.07, 6.45) is 7.67. The quantitative estimate of drug-likeness (QED) is 0.577. The van der Waals surface area contributed by atoms with Crippen LogP contribution in [0.25, 0.3) is 0 Å². The van der Waals surface area contributed by atoms with E-state index in [2.05, 4.69) is 26.8 Å². The lowest BCUT2D eigenvalue weighted by molar-refractivity contribution is -0.195. The molecule has 0 bridgehead atoms. The molecule has 2 fully saturated rings. The Balaban J connectivity index is 2.08. The van der Waals surface area contributed by atoms with Crippen LogP contribution in [0.2, 0.25) is 0 Å². The smallest absolute Gasteiger partial charge is 0.309 e. The number of rotatable bonds is 3. The maximum absolute atomic E-state index is 12.2. The highest BCUT2D eigenvalue weighted by Gasteiger charge is 2.62. The van der Waals surface area contributed by atoms with Gasteiger partial charge in [-0.05, 0) is 69.1 Å². The van der Waals surface area contributed by atoms with Crippen molar-refractivity contribution >= 4 is 11.9 Å². The van der Waals surface area contributed by atoms with Gasteiger partial charge in [0.25, 0.3) is 0 Å². The average Bonchev–Trinajstić information content (AvgIpc) is 2.55. The van der Waals surface area contributed by atoms with E-state index in [0.717, 1.165) is 32.1 Å². The van der Waals surface area contributed by atoms with Crippen molar-refractivity contribution in [2.24, 2.45) is 34.5 Å². The van der Waals surface area contributed by atoms with Crippen molar-refractivity contribution in [3.8, 4) is 0 Å². The minimum atomic E-state index is -0.728. The molecule has 4 nitrogen and oxygen atoms in total. The minimum absolute atomic E-state index is 0.00265. The summed E-state index contributed by atoms with van der Waals surface area (Å²) in [4.78, 5) is 24.1. The van der Waals surface area contributed by atoms with Crippen LogP contribution in [0.15, 0.2) is 11.6 Å². The molecule has 0 aromatic carbocycles. The highest BCUT2D eigenvalue weighted by atomic mass is 16.5. The molecule has 0 radical (unpaired) electrons. The number of esters is 1. The number of aliphatic carboxylic acids is 1. The van der Waals surface area contributed by atoms with Crippen LogP contribution in [0.3, 0.4) is 0 Å². The molecular weight excluding hydrogens is 328 g/mol. The van der Waals surface area contributed by atoms with E-state index in [1.807, 2.05) is 6.92 Å². The first-order valence-electron chi connectivity index (χ1n) is 10.2. The Morgan fingerprint density at radius 1 is 1.31 bits per heavy atom.